The van der Waals surface area contributed by atoms with Gasteiger partial charge in [-0.3, -0.25) is 0 Å². The summed E-state index contributed by atoms with van der Waals surface area (Å²) in [6, 6.07) is 0. The summed E-state index contributed by atoms with van der Waals surface area (Å²) in [5.41, 5.74) is -0.270. The molecule has 0 N–H and O–H groups in total. The molecule has 0 spiro atoms. The maximum absolute atomic E-state index is 15.2. The fourth-order valence-electron chi connectivity index (χ4n) is 3.28. The molecule has 106 valence electrons. The van der Waals surface area contributed by atoms with E-state index >= 15 is 4.39 Å². The van der Waals surface area contributed by atoms with Crippen molar-refractivity contribution in [3.8, 4) is 0 Å². The Kier molecular flexibility index (Phi) is 3.11. The molecule has 0 saturated heterocycles. The summed E-state index contributed by atoms with van der Waals surface area (Å²) in [7, 11) is 1.67. The number of aromatic nitrogens is 1. The van der Waals surface area contributed by atoms with Gasteiger partial charge < -0.3 is 4.57 Å². The standard InChI is InChI=1S/C15H20F3N/c1-6-11-10(4)12-13(19(11)5)14(16,9(2)3)7-8-15(12,17)18/h2,6-8H2,1,3-5H3. The Hall–Kier alpha value is -1.19. The molecule has 1 nitrogen and oxygen atoms in total. The second kappa shape index (κ2) is 4.15. The predicted octanol–water partition coefficient (Wildman–Crippen LogP) is 4.52. The molecule has 1 atom stereocenters. The molecule has 0 amide bonds. The fraction of sp³-hybridized carbons (Fsp3) is 0.600. The lowest BCUT2D eigenvalue weighted by Crippen LogP contribution is -2.35. The molecular weight excluding hydrogens is 251 g/mol. The molecule has 1 aliphatic rings. The molecule has 0 bridgehead atoms. The number of rotatable bonds is 2. The Labute approximate surface area is 112 Å². The highest BCUT2D eigenvalue weighted by Gasteiger charge is 2.52. The normalized spacial score (nSPS) is 25.2. The van der Waals surface area contributed by atoms with Gasteiger partial charge in [0.2, 0.25) is 0 Å². The first-order valence-electron chi connectivity index (χ1n) is 6.58. The Balaban J connectivity index is 2.84. The third-order valence-electron chi connectivity index (χ3n) is 4.32. The number of fused-ring (bicyclic) bond motifs is 1. The van der Waals surface area contributed by atoms with Crippen LogP contribution in [-0.2, 0) is 25.1 Å². The monoisotopic (exact) mass is 271 g/mol. The summed E-state index contributed by atoms with van der Waals surface area (Å²) in [5.74, 6) is -2.95. The van der Waals surface area contributed by atoms with Crippen LogP contribution >= 0.6 is 0 Å². The molecule has 1 unspecified atom stereocenters. The summed E-state index contributed by atoms with van der Waals surface area (Å²) in [6.45, 7) is 8.80. The predicted molar refractivity (Wildman–Crippen MR) is 70.3 cm³/mol. The van der Waals surface area contributed by atoms with Crippen molar-refractivity contribution in [2.45, 2.75) is 51.6 Å². The molecule has 1 aromatic heterocycles. The second-order valence-corrected chi connectivity index (χ2v) is 5.49. The zero-order valence-electron chi connectivity index (χ0n) is 11.9. The van der Waals surface area contributed by atoms with Crippen molar-refractivity contribution in [3.05, 3.63) is 34.7 Å². The van der Waals surface area contributed by atoms with Gasteiger partial charge in [0.1, 0.15) is 0 Å². The van der Waals surface area contributed by atoms with Crippen LogP contribution in [-0.4, -0.2) is 4.57 Å². The van der Waals surface area contributed by atoms with Crippen LogP contribution in [0.15, 0.2) is 12.2 Å². The highest BCUT2D eigenvalue weighted by atomic mass is 19.3. The zero-order valence-corrected chi connectivity index (χ0v) is 11.9. The highest BCUT2D eigenvalue weighted by molar-refractivity contribution is 5.48. The minimum atomic E-state index is -2.95. The average Bonchev–Trinajstić information content (AvgIpc) is 2.58. The highest BCUT2D eigenvalue weighted by Crippen LogP contribution is 2.53. The Morgan fingerprint density at radius 3 is 2.37 bits per heavy atom. The molecule has 0 aliphatic heterocycles. The van der Waals surface area contributed by atoms with Gasteiger partial charge in [-0.2, -0.15) is 0 Å². The first-order chi connectivity index (χ1) is 8.66. The third kappa shape index (κ3) is 1.76. The van der Waals surface area contributed by atoms with E-state index in [1.54, 1.807) is 25.5 Å². The smallest absolute Gasteiger partial charge is 0.275 e. The first kappa shape index (κ1) is 14.2. The number of hydrogen-bond acceptors (Lipinski definition) is 0. The Morgan fingerprint density at radius 1 is 1.32 bits per heavy atom. The quantitative estimate of drug-likeness (QED) is 0.697. The molecule has 4 heteroatoms. The van der Waals surface area contributed by atoms with E-state index in [-0.39, 0.29) is 17.7 Å². The molecule has 0 aromatic carbocycles. The van der Waals surface area contributed by atoms with Gasteiger partial charge in [0.25, 0.3) is 5.92 Å². The van der Waals surface area contributed by atoms with E-state index in [0.29, 0.717) is 17.6 Å². The van der Waals surface area contributed by atoms with Crippen molar-refractivity contribution in [3.63, 3.8) is 0 Å². The minimum Gasteiger partial charge on any atom is -0.348 e. The van der Waals surface area contributed by atoms with Crippen LogP contribution in [0.5, 0.6) is 0 Å². The van der Waals surface area contributed by atoms with Crippen LogP contribution in [0.25, 0.3) is 0 Å². The van der Waals surface area contributed by atoms with Crippen molar-refractivity contribution in [2.24, 2.45) is 7.05 Å². The third-order valence-corrected chi connectivity index (χ3v) is 4.32. The SMILES string of the molecule is C=C(C)C1(F)CCC(F)(F)c2c(C)c(CC)n(C)c21. The van der Waals surface area contributed by atoms with Crippen molar-refractivity contribution >= 4 is 0 Å². The summed E-state index contributed by atoms with van der Waals surface area (Å²) in [6.07, 6.45) is -0.0577. The van der Waals surface area contributed by atoms with Gasteiger partial charge in [-0.1, -0.05) is 13.5 Å². The van der Waals surface area contributed by atoms with Crippen LogP contribution in [0.2, 0.25) is 0 Å². The van der Waals surface area contributed by atoms with E-state index in [1.807, 2.05) is 6.92 Å². The molecule has 0 fully saturated rings. The summed E-state index contributed by atoms with van der Waals surface area (Å²) >= 11 is 0. The maximum atomic E-state index is 15.2. The lowest BCUT2D eigenvalue weighted by atomic mass is 9.78. The molecule has 0 saturated carbocycles. The zero-order chi connectivity index (χ0) is 14.6. The second-order valence-electron chi connectivity index (χ2n) is 5.49. The van der Waals surface area contributed by atoms with Crippen molar-refractivity contribution in [1.29, 1.82) is 0 Å². The van der Waals surface area contributed by atoms with Gasteiger partial charge in [-0.25, -0.2) is 13.2 Å². The van der Waals surface area contributed by atoms with E-state index in [2.05, 4.69) is 6.58 Å². The van der Waals surface area contributed by atoms with Crippen LogP contribution in [0.4, 0.5) is 13.2 Å². The van der Waals surface area contributed by atoms with Crippen LogP contribution < -0.4 is 0 Å². The van der Waals surface area contributed by atoms with Crippen molar-refractivity contribution < 1.29 is 13.2 Å². The maximum Gasteiger partial charge on any atom is 0.275 e. The molecule has 19 heavy (non-hydrogen) atoms. The van der Waals surface area contributed by atoms with E-state index in [9.17, 15) is 8.78 Å². The van der Waals surface area contributed by atoms with Gasteiger partial charge in [-0.15, -0.1) is 0 Å². The van der Waals surface area contributed by atoms with Gasteiger partial charge >= 0.3 is 0 Å². The van der Waals surface area contributed by atoms with Gasteiger partial charge in [-0.05, 0) is 37.8 Å². The van der Waals surface area contributed by atoms with Crippen LogP contribution in [0, 0.1) is 6.92 Å². The number of hydrogen-bond donors (Lipinski definition) is 0. The van der Waals surface area contributed by atoms with Crippen LogP contribution in [0.3, 0.4) is 0 Å². The Morgan fingerprint density at radius 2 is 1.89 bits per heavy atom. The number of nitrogens with zero attached hydrogens (tertiary/aromatic N) is 1. The topological polar surface area (TPSA) is 4.93 Å². The lowest BCUT2D eigenvalue weighted by Gasteiger charge is -2.36. The molecule has 1 aromatic rings. The van der Waals surface area contributed by atoms with Crippen LogP contribution in [0.1, 0.15) is 49.2 Å². The molecule has 1 heterocycles. The number of alkyl halides is 3. The fourth-order valence-corrected chi connectivity index (χ4v) is 3.28. The van der Waals surface area contributed by atoms with E-state index < -0.39 is 18.0 Å². The summed E-state index contributed by atoms with van der Waals surface area (Å²) in [5, 5.41) is 0. The largest absolute Gasteiger partial charge is 0.348 e. The molecule has 0 radical (unpaired) electrons. The summed E-state index contributed by atoms with van der Waals surface area (Å²) < 4.78 is 45.1. The number of allylic oxidation sites excluding steroid dienone is 1. The summed E-state index contributed by atoms with van der Waals surface area (Å²) in [4.78, 5) is 0. The van der Waals surface area contributed by atoms with E-state index in [0.717, 1.165) is 5.69 Å². The van der Waals surface area contributed by atoms with E-state index in [4.69, 9.17) is 0 Å². The molecule has 2 rings (SSSR count). The van der Waals surface area contributed by atoms with Gasteiger partial charge in [0.05, 0.1) is 5.69 Å². The van der Waals surface area contributed by atoms with Crippen molar-refractivity contribution in [2.75, 3.05) is 0 Å². The average molecular weight is 271 g/mol. The molecular formula is C15H20F3N. The Bertz CT molecular complexity index is 542. The number of halogens is 3. The van der Waals surface area contributed by atoms with Gasteiger partial charge in [0, 0.05) is 24.7 Å². The molecule has 1 aliphatic carbocycles. The lowest BCUT2D eigenvalue weighted by molar-refractivity contribution is -0.0460. The van der Waals surface area contributed by atoms with Gasteiger partial charge in [0.15, 0.2) is 5.67 Å². The minimum absolute atomic E-state index is 0.102. The van der Waals surface area contributed by atoms with Crippen molar-refractivity contribution in [1.82, 2.24) is 4.57 Å². The van der Waals surface area contributed by atoms with E-state index in [1.165, 1.54) is 0 Å². The first-order valence-corrected chi connectivity index (χ1v) is 6.58.